The Labute approximate surface area is 68.2 Å². The van der Waals surface area contributed by atoms with Crippen LogP contribution in [0, 0.1) is 0 Å². The molecule has 0 bridgehead atoms. The summed E-state index contributed by atoms with van der Waals surface area (Å²) in [6.45, 7) is 0. The van der Waals surface area contributed by atoms with Gasteiger partial charge in [0.15, 0.2) is 0 Å². The first kappa shape index (κ1) is 12.1. The maximum absolute atomic E-state index is 11.9. The molecule has 0 spiro atoms. The lowest BCUT2D eigenvalue weighted by molar-refractivity contribution is -0.198. The lowest BCUT2D eigenvalue weighted by atomic mass is 10.3. The van der Waals surface area contributed by atoms with Crippen LogP contribution in [0.4, 0.5) is 21.4 Å². The van der Waals surface area contributed by atoms with E-state index in [1.807, 2.05) is 0 Å². The number of carbonyl (C=O) groups is 1. The minimum atomic E-state index is -6.97. The molecule has 0 aromatic rings. The Morgan fingerprint density at radius 2 is 1.46 bits per heavy atom. The molecular formula is C3HF5O4S. The van der Waals surface area contributed by atoms with Gasteiger partial charge in [0, 0.05) is 0 Å². The molecule has 0 unspecified atom stereocenters. The summed E-state index contributed by atoms with van der Waals surface area (Å²) >= 11 is 0. The van der Waals surface area contributed by atoms with E-state index in [4.69, 9.17) is 5.11 Å². The van der Waals surface area contributed by atoms with Gasteiger partial charge in [-0.15, -0.1) is 0 Å². The molecule has 0 aliphatic carbocycles. The molecule has 0 saturated heterocycles. The first-order valence-electron chi connectivity index (χ1n) is 2.38. The maximum atomic E-state index is 11.9. The summed E-state index contributed by atoms with van der Waals surface area (Å²) in [6.07, 6.45) is 0. The van der Waals surface area contributed by atoms with Gasteiger partial charge in [0.2, 0.25) is 0 Å². The molecule has 78 valence electrons. The van der Waals surface area contributed by atoms with E-state index < -0.39 is 27.4 Å². The van der Waals surface area contributed by atoms with Gasteiger partial charge in [0.05, 0.1) is 0 Å². The summed E-state index contributed by atoms with van der Waals surface area (Å²) < 4.78 is 77.8. The summed E-state index contributed by atoms with van der Waals surface area (Å²) in [5, 5.41) is 1.21. The lowest BCUT2D eigenvalue weighted by Crippen LogP contribution is -2.50. The highest BCUT2D eigenvalue weighted by molar-refractivity contribution is 7.87. The number of hydrogen-bond acceptors (Lipinski definition) is 3. The average molecular weight is 228 g/mol. The van der Waals surface area contributed by atoms with Crippen LogP contribution in [-0.4, -0.2) is 30.7 Å². The molecule has 0 atom stereocenters. The Balaban J connectivity index is 5.42. The van der Waals surface area contributed by atoms with Gasteiger partial charge in [-0.3, -0.25) is 0 Å². The number of carboxylic acids is 1. The molecule has 1 N–H and O–H groups in total. The normalized spacial score (nSPS) is 14.2. The van der Waals surface area contributed by atoms with E-state index >= 15 is 0 Å². The van der Waals surface area contributed by atoms with E-state index in [-0.39, 0.29) is 0 Å². The van der Waals surface area contributed by atoms with Crippen LogP contribution >= 0.6 is 0 Å². The fourth-order valence-corrected chi connectivity index (χ4v) is 0.671. The highest BCUT2D eigenvalue weighted by Crippen LogP contribution is 2.39. The molecule has 0 fully saturated rings. The van der Waals surface area contributed by atoms with E-state index in [1.54, 1.807) is 0 Å². The van der Waals surface area contributed by atoms with Gasteiger partial charge in [-0.1, -0.05) is 3.89 Å². The first-order chi connectivity index (χ1) is 5.44. The van der Waals surface area contributed by atoms with Crippen LogP contribution in [0.2, 0.25) is 0 Å². The van der Waals surface area contributed by atoms with E-state index in [9.17, 15) is 34.7 Å². The fraction of sp³-hybridized carbons (Fsp3) is 0.667. The quantitative estimate of drug-likeness (QED) is 0.567. The molecule has 0 aliphatic heterocycles. The highest BCUT2D eigenvalue weighted by Gasteiger charge is 2.71. The van der Waals surface area contributed by atoms with Crippen LogP contribution in [0.1, 0.15) is 0 Å². The molecule has 0 radical (unpaired) electrons. The van der Waals surface area contributed by atoms with Crippen LogP contribution in [0.5, 0.6) is 0 Å². The third-order valence-corrected chi connectivity index (χ3v) is 1.81. The van der Waals surface area contributed by atoms with Gasteiger partial charge in [-0.25, -0.2) is 4.79 Å². The van der Waals surface area contributed by atoms with Crippen molar-refractivity contribution in [1.29, 1.82) is 0 Å². The average Bonchev–Trinajstić information content (AvgIpc) is 1.84. The number of hydrogen-bond donors (Lipinski definition) is 1. The molecule has 0 aliphatic rings. The second-order valence-electron chi connectivity index (χ2n) is 1.83. The number of rotatable bonds is 3. The summed E-state index contributed by atoms with van der Waals surface area (Å²) in [5.74, 6) is -9.43. The summed E-state index contributed by atoms with van der Waals surface area (Å²) in [7, 11) is -6.97. The van der Waals surface area contributed by atoms with Gasteiger partial charge in [-0.05, 0) is 0 Å². The predicted molar refractivity (Wildman–Crippen MR) is 27.6 cm³/mol. The third kappa shape index (κ3) is 1.71. The summed E-state index contributed by atoms with van der Waals surface area (Å²) in [5.41, 5.74) is 0. The highest BCUT2D eigenvalue weighted by atomic mass is 32.3. The van der Waals surface area contributed by atoms with Crippen molar-refractivity contribution in [1.82, 2.24) is 0 Å². The molecule has 0 rings (SSSR count). The Hall–Kier alpha value is -0.930. The van der Waals surface area contributed by atoms with Crippen molar-refractivity contribution < 1.29 is 39.8 Å². The van der Waals surface area contributed by atoms with Crippen molar-refractivity contribution >= 4 is 16.2 Å². The number of halogens is 5. The number of carboxylic acid groups (broad SMARTS) is 1. The maximum Gasteiger partial charge on any atom is 0.447 e. The van der Waals surface area contributed by atoms with Crippen molar-refractivity contribution in [2.45, 2.75) is 11.2 Å². The topological polar surface area (TPSA) is 71.4 Å². The molecule has 0 aromatic carbocycles. The van der Waals surface area contributed by atoms with Crippen LogP contribution in [-0.2, 0) is 15.0 Å². The SMILES string of the molecule is O=C(O)C(F)(F)C(F)(F)S(=O)(=O)F. The van der Waals surface area contributed by atoms with E-state index in [1.165, 1.54) is 0 Å². The Morgan fingerprint density at radius 3 is 1.54 bits per heavy atom. The zero-order valence-electron chi connectivity index (χ0n) is 5.47. The van der Waals surface area contributed by atoms with E-state index in [0.29, 0.717) is 0 Å². The Kier molecular flexibility index (Phi) is 2.59. The monoisotopic (exact) mass is 228 g/mol. The molecular weight excluding hydrogens is 227 g/mol. The summed E-state index contributed by atoms with van der Waals surface area (Å²) in [4.78, 5) is 9.45. The zero-order valence-corrected chi connectivity index (χ0v) is 6.29. The summed E-state index contributed by atoms with van der Waals surface area (Å²) in [6, 6.07) is 0. The van der Waals surface area contributed by atoms with Gasteiger partial charge in [-0.2, -0.15) is 26.0 Å². The Bertz CT molecular complexity index is 319. The second kappa shape index (κ2) is 2.79. The van der Waals surface area contributed by atoms with Crippen LogP contribution in [0.3, 0.4) is 0 Å². The standard InChI is InChI=1S/C3HF5O4S/c4-2(5,1(9)10)3(6,7)13(8,11)12/h(H,9,10). The van der Waals surface area contributed by atoms with Gasteiger partial charge in [0.1, 0.15) is 0 Å². The van der Waals surface area contributed by atoms with E-state index in [0.717, 1.165) is 0 Å². The minimum Gasteiger partial charge on any atom is -0.477 e. The van der Waals surface area contributed by atoms with Crippen molar-refractivity contribution in [2.75, 3.05) is 0 Å². The third-order valence-electron chi connectivity index (χ3n) is 0.940. The lowest BCUT2D eigenvalue weighted by Gasteiger charge is -2.18. The van der Waals surface area contributed by atoms with Crippen molar-refractivity contribution in [3.8, 4) is 0 Å². The van der Waals surface area contributed by atoms with Gasteiger partial charge in [0.25, 0.3) is 0 Å². The molecule has 0 heterocycles. The fourth-order valence-electron chi connectivity index (χ4n) is 0.278. The zero-order chi connectivity index (χ0) is 11.1. The Morgan fingerprint density at radius 1 is 1.15 bits per heavy atom. The molecule has 10 heteroatoms. The van der Waals surface area contributed by atoms with Crippen molar-refractivity contribution in [2.24, 2.45) is 0 Å². The number of alkyl halides is 4. The largest absolute Gasteiger partial charge is 0.477 e. The van der Waals surface area contributed by atoms with Crippen LogP contribution < -0.4 is 0 Å². The minimum absolute atomic E-state index is 3.43. The first-order valence-corrected chi connectivity index (χ1v) is 3.76. The molecule has 4 nitrogen and oxygen atoms in total. The van der Waals surface area contributed by atoms with Gasteiger partial charge >= 0.3 is 27.4 Å². The molecule has 0 amide bonds. The second-order valence-corrected chi connectivity index (χ2v) is 3.22. The molecule has 13 heavy (non-hydrogen) atoms. The van der Waals surface area contributed by atoms with Crippen molar-refractivity contribution in [3.05, 3.63) is 0 Å². The molecule has 0 aromatic heterocycles. The predicted octanol–water partition coefficient (Wildman–Crippen LogP) is 0.598. The number of aliphatic carboxylic acids is 1. The smallest absolute Gasteiger partial charge is 0.447 e. The van der Waals surface area contributed by atoms with Crippen LogP contribution in [0.15, 0.2) is 0 Å². The van der Waals surface area contributed by atoms with Gasteiger partial charge < -0.3 is 5.11 Å². The van der Waals surface area contributed by atoms with Crippen LogP contribution in [0.25, 0.3) is 0 Å². The van der Waals surface area contributed by atoms with E-state index in [2.05, 4.69) is 0 Å². The van der Waals surface area contributed by atoms with Crippen molar-refractivity contribution in [3.63, 3.8) is 0 Å². The molecule has 0 saturated carbocycles.